The summed E-state index contributed by atoms with van der Waals surface area (Å²) in [6, 6.07) is 8.06. The number of carbonyl (C=O) groups is 2. The Kier molecular flexibility index (Phi) is 4.92. The molecule has 2 rings (SSSR count). The van der Waals surface area contributed by atoms with Gasteiger partial charge in [-0.2, -0.15) is 0 Å². The molecule has 21 heavy (non-hydrogen) atoms. The lowest BCUT2D eigenvalue weighted by Crippen LogP contribution is -2.42. The van der Waals surface area contributed by atoms with Crippen LogP contribution in [0.25, 0.3) is 0 Å². The Balaban J connectivity index is 1.85. The van der Waals surface area contributed by atoms with Crippen molar-refractivity contribution in [2.75, 3.05) is 0 Å². The van der Waals surface area contributed by atoms with E-state index in [1.54, 1.807) is 0 Å². The van der Waals surface area contributed by atoms with Gasteiger partial charge in [0.15, 0.2) is 0 Å². The van der Waals surface area contributed by atoms with Crippen molar-refractivity contribution in [3.63, 3.8) is 0 Å². The summed E-state index contributed by atoms with van der Waals surface area (Å²) in [6.07, 6.45) is 2.29. The number of aliphatic carboxylic acids is 1. The molecule has 0 saturated heterocycles. The van der Waals surface area contributed by atoms with Gasteiger partial charge in [-0.25, -0.2) is 14.6 Å². The van der Waals surface area contributed by atoms with Crippen LogP contribution in [0.2, 0.25) is 0 Å². The van der Waals surface area contributed by atoms with E-state index in [1.165, 1.54) is 12.5 Å². The lowest BCUT2D eigenvalue weighted by atomic mass is 10.2. The van der Waals surface area contributed by atoms with E-state index < -0.39 is 18.1 Å². The van der Waals surface area contributed by atoms with Crippen molar-refractivity contribution < 1.29 is 19.4 Å². The number of carbonyl (C=O) groups excluding carboxylic acids is 1. The summed E-state index contributed by atoms with van der Waals surface area (Å²) in [5.74, 6) is -1.14. The van der Waals surface area contributed by atoms with E-state index in [0.29, 0.717) is 5.69 Å². The lowest BCUT2D eigenvalue weighted by molar-refractivity contribution is -0.139. The predicted octanol–water partition coefficient (Wildman–Crippen LogP) is 1.33. The molecule has 1 aromatic carbocycles. The highest BCUT2D eigenvalue weighted by Crippen LogP contribution is 2.02. The van der Waals surface area contributed by atoms with Gasteiger partial charge in [0.1, 0.15) is 12.6 Å². The maximum atomic E-state index is 11.6. The van der Waals surface area contributed by atoms with Crippen LogP contribution in [0, 0.1) is 0 Å². The minimum absolute atomic E-state index is 0.0864. The first kappa shape index (κ1) is 14.6. The molecular weight excluding hydrogens is 274 g/mol. The Morgan fingerprint density at radius 2 is 2.10 bits per heavy atom. The maximum absolute atomic E-state index is 11.6. The molecule has 110 valence electrons. The van der Waals surface area contributed by atoms with Gasteiger partial charge in [-0.15, -0.1) is 0 Å². The second kappa shape index (κ2) is 7.09. The van der Waals surface area contributed by atoms with Crippen LogP contribution in [0.4, 0.5) is 4.79 Å². The zero-order valence-corrected chi connectivity index (χ0v) is 11.2. The third-order valence-electron chi connectivity index (χ3n) is 2.78. The van der Waals surface area contributed by atoms with E-state index in [-0.39, 0.29) is 13.0 Å². The number of H-pyrrole nitrogens is 1. The van der Waals surface area contributed by atoms with Crippen LogP contribution >= 0.6 is 0 Å². The molecule has 0 spiro atoms. The second-order valence-electron chi connectivity index (χ2n) is 4.38. The number of carboxylic acids is 1. The summed E-state index contributed by atoms with van der Waals surface area (Å²) in [6.45, 7) is 0.0864. The number of benzene rings is 1. The van der Waals surface area contributed by atoms with Crippen molar-refractivity contribution >= 4 is 12.1 Å². The number of aromatic nitrogens is 2. The summed E-state index contributed by atoms with van der Waals surface area (Å²) in [7, 11) is 0. The van der Waals surface area contributed by atoms with Crippen LogP contribution in [0.3, 0.4) is 0 Å². The summed E-state index contributed by atoms with van der Waals surface area (Å²) in [5.41, 5.74) is 1.44. The first-order valence-electron chi connectivity index (χ1n) is 6.32. The van der Waals surface area contributed by atoms with Gasteiger partial charge in [-0.3, -0.25) is 0 Å². The van der Waals surface area contributed by atoms with Gasteiger partial charge < -0.3 is 20.1 Å². The van der Waals surface area contributed by atoms with E-state index in [2.05, 4.69) is 15.3 Å². The lowest BCUT2D eigenvalue weighted by Gasteiger charge is -2.13. The molecule has 0 bridgehead atoms. The van der Waals surface area contributed by atoms with Crippen molar-refractivity contribution in [2.45, 2.75) is 19.1 Å². The fourth-order valence-electron chi connectivity index (χ4n) is 1.72. The first-order valence-corrected chi connectivity index (χ1v) is 6.32. The minimum atomic E-state index is -1.14. The highest BCUT2D eigenvalue weighted by Gasteiger charge is 2.21. The van der Waals surface area contributed by atoms with Crippen LogP contribution in [-0.4, -0.2) is 33.2 Å². The molecule has 7 heteroatoms. The van der Waals surface area contributed by atoms with Crippen molar-refractivity contribution in [3.05, 3.63) is 54.1 Å². The molecule has 0 radical (unpaired) electrons. The van der Waals surface area contributed by atoms with Gasteiger partial charge in [0, 0.05) is 18.3 Å². The van der Waals surface area contributed by atoms with E-state index in [1.807, 2.05) is 30.3 Å². The number of ether oxygens (including phenoxy) is 1. The molecule has 0 unspecified atom stereocenters. The zero-order valence-electron chi connectivity index (χ0n) is 11.2. The summed E-state index contributed by atoms with van der Waals surface area (Å²) < 4.78 is 4.99. The number of rotatable bonds is 6. The van der Waals surface area contributed by atoms with E-state index in [9.17, 15) is 9.59 Å². The molecule has 0 saturated carbocycles. The van der Waals surface area contributed by atoms with Gasteiger partial charge in [-0.1, -0.05) is 30.3 Å². The number of imidazole rings is 1. The Bertz CT molecular complexity index is 584. The Labute approximate surface area is 121 Å². The van der Waals surface area contributed by atoms with Crippen molar-refractivity contribution in [3.8, 4) is 0 Å². The summed E-state index contributed by atoms with van der Waals surface area (Å²) in [5, 5.41) is 11.4. The standard InChI is InChI=1S/C14H15N3O4/c18-13(19)12(6-11-7-15-9-16-11)17-14(20)21-8-10-4-2-1-3-5-10/h1-5,7,9,12H,6,8H2,(H,15,16)(H,17,20)(H,18,19)/t12-/m0/s1. The second-order valence-corrected chi connectivity index (χ2v) is 4.38. The smallest absolute Gasteiger partial charge is 0.408 e. The number of hydrogen-bond donors (Lipinski definition) is 3. The third kappa shape index (κ3) is 4.64. The first-order chi connectivity index (χ1) is 10.1. The van der Waals surface area contributed by atoms with E-state index >= 15 is 0 Å². The number of amides is 1. The average molecular weight is 289 g/mol. The molecule has 3 N–H and O–H groups in total. The van der Waals surface area contributed by atoms with Gasteiger partial charge in [0.25, 0.3) is 0 Å². The molecule has 1 amide bonds. The van der Waals surface area contributed by atoms with E-state index in [4.69, 9.17) is 9.84 Å². The fraction of sp³-hybridized carbons (Fsp3) is 0.214. The molecule has 0 fully saturated rings. The topological polar surface area (TPSA) is 104 Å². The molecular formula is C14H15N3O4. The number of aromatic amines is 1. The van der Waals surface area contributed by atoms with Crippen LogP contribution in [0.1, 0.15) is 11.3 Å². The molecule has 1 atom stereocenters. The SMILES string of the molecule is O=C(N[C@@H](Cc1cnc[nH]1)C(=O)O)OCc1ccccc1. The monoisotopic (exact) mass is 289 g/mol. The largest absolute Gasteiger partial charge is 0.480 e. The molecule has 0 aliphatic heterocycles. The number of hydrogen-bond acceptors (Lipinski definition) is 4. The highest BCUT2D eigenvalue weighted by molar-refractivity contribution is 5.80. The molecule has 0 aliphatic carbocycles. The van der Waals surface area contributed by atoms with Crippen molar-refractivity contribution in [1.29, 1.82) is 0 Å². The molecule has 1 aromatic heterocycles. The molecule has 0 aliphatic rings. The molecule has 2 aromatic rings. The highest BCUT2D eigenvalue weighted by atomic mass is 16.5. The van der Waals surface area contributed by atoms with Crippen LogP contribution < -0.4 is 5.32 Å². The normalized spacial score (nSPS) is 11.6. The maximum Gasteiger partial charge on any atom is 0.408 e. The number of carboxylic acid groups (broad SMARTS) is 1. The van der Waals surface area contributed by atoms with Gasteiger partial charge in [0.05, 0.1) is 6.33 Å². The summed E-state index contributed by atoms with van der Waals surface area (Å²) >= 11 is 0. The van der Waals surface area contributed by atoms with Crippen LogP contribution in [0.15, 0.2) is 42.9 Å². The fourth-order valence-corrected chi connectivity index (χ4v) is 1.72. The Hall–Kier alpha value is -2.83. The van der Waals surface area contributed by atoms with Gasteiger partial charge in [0.2, 0.25) is 0 Å². The minimum Gasteiger partial charge on any atom is -0.480 e. The van der Waals surface area contributed by atoms with Crippen LogP contribution in [0.5, 0.6) is 0 Å². The molecule has 1 heterocycles. The third-order valence-corrected chi connectivity index (χ3v) is 2.78. The van der Waals surface area contributed by atoms with E-state index in [0.717, 1.165) is 5.56 Å². The molecule has 7 nitrogen and oxygen atoms in total. The van der Waals surface area contributed by atoms with Crippen molar-refractivity contribution in [1.82, 2.24) is 15.3 Å². The van der Waals surface area contributed by atoms with Gasteiger partial charge >= 0.3 is 12.1 Å². The van der Waals surface area contributed by atoms with Crippen LogP contribution in [-0.2, 0) is 22.6 Å². The zero-order chi connectivity index (χ0) is 15.1. The van der Waals surface area contributed by atoms with Crippen molar-refractivity contribution in [2.24, 2.45) is 0 Å². The average Bonchev–Trinajstić information content (AvgIpc) is 2.98. The van der Waals surface area contributed by atoms with Gasteiger partial charge in [-0.05, 0) is 5.56 Å². The Morgan fingerprint density at radius 1 is 1.33 bits per heavy atom. The number of nitrogens with one attached hydrogen (secondary N) is 2. The number of nitrogens with zero attached hydrogens (tertiary/aromatic N) is 1. The Morgan fingerprint density at radius 3 is 2.71 bits per heavy atom. The predicted molar refractivity (Wildman–Crippen MR) is 73.5 cm³/mol. The summed E-state index contributed by atoms with van der Waals surface area (Å²) in [4.78, 5) is 29.4. The number of alkyl carbamates (subject to hydrolysis) is 1. The quantitative estimate of drug-likeness (QED) is 0.744.